The van der Waals surface area contributed by atoms with Gasteiger partial charge in [0.25, 0.3) is 11.8 Å². The zero-order valence-electron chi connectivity index (χ0n) is 26.4. The molecule has 5 rings (SSSR count). The second-order valence-electron chi connectivity index (χ2n) is 11.9. The van der Waals surface area contributed by atoms with Crippen LogP contribution < -0.4 is 5.32 Å². The highest BCUT2D eigenvalue weighted by molar-refractivity contribution is 6.34. The van der Waals surface area contributed by atoms with Gasteiger partial charge in [0.1, 0.15) is 5.82 Å². The Labute approximate surface area is 273 Å². The molecule has 2 aromatic carbocycles. The van der Waals surface area contributed by atoms with Gasteiger partial charge in [0, 0.05) is 43.7 Å². The Morgan fingerprint density at radius 3 is 2.54 bits per heavy atom. The molecule has 9 nitrogen and oxygen atoms in total. The van der Waals surface area contributed by atoms with Gasteiger partial charge in [-0.15, -0.1) is 6.58 Å². The molecule has 1 saturated heterocycles. The van der Waals surface area contributed by atoms with Gasteiger partial charge in [-0.1, -0.05) is 35.9 Å². The summed E-state index contributed by atoms with van der Waals surface area (Å²) in [7, 11) is 1.84. The SMILES string of the molecule is C=CCOC(OC1CCC(C(=O)OCC)CC1)(C(=O)Cc1cc(Cl)c(NC(=O)c2cn(C)c3ccccc23)cc1F)N1CCCC1. The molecule has 1 saturated carbocycles. The van der Waals surface area contributed by atoms with Gasteiger partial charge in [-0.2, -0.15) is 0 Å². The molecule has 246 valence electrons. The minimum Gasteiger partial charge on any atom is -0.466 e. The molecule has 1 unspecified atom stereocenters. The number of ether oxygens (including phenoxy) is 3. The first-order valence-electron chi connectivity index (χ1n) is 15.9. The maximum absolute atomic E-state index is 15.6. The van der Waals surface area contributed by atoms with Crippen LogP contribution in [0.15, 0.2) is 55.3 Å². The largest absolute Gasteiger partial charge is 0.466 e. The van der Waals surface area contributed by atoms with Gasteiger partial charge in [-0.05, 0) is 69.2 Å². The van der Waals surface area contributed by atoms with Gasteiger partial charge in [0.15, 0.2) is 0 Å². The molecule has 0 radical (unpaired) electrons. The minimum atomic E-state index is -1.76. The number of fused-ring (bicyclic) bond motifs is 1. The Kier molecular flexibility index (Phi) is 10.9. The number of hydrogen-bond acceptors (Lipinski definition) is 7. The molecule has 3 aromatic rings. The highest BCUT2D eigenvalue weighted by Gasteiger charge is 2.49. The summed E-state index contributed by atoms with van der Waals surface area (Å²) in [5.41, 5.74) is 1.46. The van der Waals surface area contributed by atoms with Crippen molar-refractivity contribution in [2.45, 2.75) is 63.9 Å². The van der Waals surface area contributed by atoms with Crippen LogP contribution in [0, 0.1) is 11.7 Å². The molecule has 2 heterocycles. The summed E-state index contributed by atoms with van der Waals surface area (Å²) in [6, 6.07) is 9.98. The van der Waals surface area contributed by atoms with E-state index in [2.05, 4.69) is 11.9 Å². The Hall–Kier alpha value is -3.57. The van der Waals surface area contributed by atoms with E-state index in [1.807, 2.05) is 40.8 Å². The molecule has 1 amide bonds. The molecular weight excluding hydrogens is 613 g/mol. The third-order valence-electron chi connectivity index (χ3n) is 8.77. The van der Waals surface area contributed by atoms with E-state index in [0.717, 1.165) is 29.8 Å². The fourth-order valence-corrected chi connectivity index (χ4v) is 6.66. The first-order valence-corrected chi connectivity index (χ1v) is 16.3. The molecule has 2 fully saturated rings. The van der Waals surface area contributed by atoms with Crippen LogP contribution >= 0.6 is 11.6 Å². The Morgan fingerprint density at radius 2 is 1.85 bits per heavy atom. The van der Waals surface area contributed by atoms with Crippen molar-refractivity contribution in [1.29, 1.82) is 0 Å². The molecule has 0 bridgehead atoms. The maximum atomic E-state index is 15.6. The van der Waals surface area contributed by atoms with Gasteiger partial charge in [0.2, 0.25) is 5.78 Å². The van der Waals surface area contributed by atoms with Crippen molar-refractivity contribution in [2.75, 3.05) is 31.6 Å². The third-order valence-corrected chi connectivity index (χ3v) is 9.08. The van der Waals surface area contributed by atoms with Crippen molar-refractivity contribution in [3.05, 3.63) is 77.2 Å². The summed E-state index contributed by atoms with van der Waals surface area (Å²) in [6.07, 6.45) is 6.52. The summed E-state index contributed by atoms with van der Waals surface area (Å²) in [6.45, 7) is 7.05. The number of amides is 1. The van der Waals surface area contributed by atoms with Gasteiger partial charge in [-0.25, -0.2) is 9.29 Å². The first-order chi connectivity index (χ1) is 22.2. The number of nitrogens with zero attached hydrogens (tertiary/aromatic N) is 2. The fraction of sp³-hybridized carbons (Fsp3) is 0.457. The number of nitrogens with one attached hydrogen (secondary N) is 1. The molecule has 1 atom stereocenters. The normalized spacial score (nSPS) is 19.9. The van der Waals surface area contributed by atoms with Gasteiger partial charge in [0.05, 0.1) is 41.5 Å². The van der Waals surface area contributed by atoms with E-state index >= 15 is 4.39 Å². The molecule has 0 spiro atoms. The minimum absolute atomic E-state index is 0.0444. The van der Waals surface area contributed by atoms with Gasteiger partial charge >= 0.3 is 5.97 Å². The van der Waals surface area contributed by atoms with E-state index in [1.54, 1.807) is 19.2 Å². The second kappa shape index (κ2) is 14.9. The lowest BCUT2D eigenvalue weighted by Gasteiger charge is -2.42. The number of aryl methyl sites for hydroxylation is 1. The van der Waals surface area contributed by atoms with E-state index in [4.69, 9.17) is 25.8 Å². The van der Waals surface area contributed by atoms with Gasteiger partial charge in [-0.3, -0.25) is 14.4 Å². The number of Topliss-reactive ketones (excluding diaryl/α,β-unsaturated/α-hetero) is 1. The average Bonchev–Trinajstić information content (AvgIpc) is 3.71. The Bertz CT molecular complexity index is 1590. The first kappa shape index (κ1) is 33.8. The van der Waals surface area contributed by atoms with Crippen LogP contribution in [0.25, 0.3) is 10.9 Å². The van der Waals surface area contributed by atoms with Crippen molar-refractivity contribution >= 4 is 45.9 Å². The summed E-state index contributed by atoms with van der Waals surface area (Å²) < 4.78 is 35.4. The fourth-order valence-electron chi connectivity index (χ4n) is 6.42. The van der Waals surface area contributed by atoms with E-state index in [9.17, 15) is 14.4 Å². The number of carbonyl (C=O) groups is 3. The second-order valence-corrected chi connectivity index (χ2v) is 12.3. The highest BCUT2D eigenvalue weighted by atomic mass is 35.5. The van der Waals surface area contributed by atoms with Crippen LogP contribution in [0.5, 0.6) is 0 Å². The molecule has 1 aliphatic heterocycles. The smallest absolute Gasteiger partial charge is 0.308 e. The van der Waals surface area contributed by atoms with Crippen molar-refractivity contribution in [2.24, 2.45) is 13.0 Å². The number of esters is 1. The number of halogens is 2. The van der Waals surface area contributed by atoms with E-state index in [0.29, 0.717) is 50.9 Å². The number of para-hydroxylation sites is 1. The lowest BCUT2D eigenvalue weighted by molar-refractivity contribution is -0.307. The quantitative estimate of drug-likeness (QED) is 0.129. The van der Waals surface area contributed by atoms with Crippen LogP contribution in [-0.4, -0.2) is 65.4 Å². The highest BCUT2D eigenvalue weighted by Crippen LogP contribution is 2.36. The third kappa shape index (κ3) is 7.20. The number of hydrogen-bond donors (Lipinski definition) is 1. The summed E-state index contributed by atoms with van der Waals surface area (Å²) in [5, 5.41) is 3.57. The lowest BCUT2D eigenvalue weighted by atomic mass is 9.87. The predicted molar refractivity (Wildman–Crippen MR) is 174 cm³/mol. The molecule has 1 aromatic heterocycles. The van der Waals surface area contributed by atoms with E-state index in [-0.39, 0.29) is 47.3 Å². The lowest BCUT2D eigenvalue weighted by Crippen LogP contribution is -2.60. The predicted octanol–water partition coefficient (Wildman–Crippen LogP) is 6.43. The zero-order chi connectivity index (χ0) is 32.8. The number of anilines is 1. The Morgan fingerprint density at radius 1 is 1.13 bits per heavy atom. The summed E-state index contributed by atoms with van der Waals surface area (Å²) in [4.78, 5) is 41.6. The number of rotatable bonds is 13. The average molecular weight is 654 g/mol. The van der Waals surface area contributed by atoms with E-state index in [1.165, 1.54) is 6.07 Å². The Balaban J connectivity index is 1.36. The summed E-state index contributed by atoms with van der Waals surface area (Å²) >= 11 is 6.56. The number of ketones is 1. The number of aromatic nitrogens is 1. The van der Waals surface area contributed by atoms with Crippen LogP contribution in [0.1, 0.15) is 61.4 Å². The zero-order valence-corrected chi connectivity index (χ0v) is 27.1. The molecular formula is C35H41ClFN3O6. The maximum Gasteiger partial charge on any atom is 0.308 e. The van der Waals surface area contributed by atoms with Crippen LogP contribution in [0.2, 0.25) is 5.02 Å². The molecule has 11 heteroatoms. The monoisotopic (exact) mass is 653 g/mol. The number of carbonyl (C=O) groups excluding carboxylic acids is 3. The van der Waals surface area contributed by atoms with Gasteiger partial charge < -0.3 is 24.1 Å². The van der Waals surface area contributed by atoms with Crippen LogP contribution in [0.4, 0.5) is 10.1 Å². The van der Waals surface area contributed by atoms with Crippen LogP contribution in [-0.2, 0) is 37.3 Å². The van der Waals surface area contributed by atoms with Crippen molar-refractivity contribution in [3.63, 3.8) is 0 Å². The molecule has 2 aliphatic rings. The molecule has 46 heavy (non-hydrogen) atoms. The topological polar surface area (TPSA) is 99.1 Å². The molecule has 1 aliphatic carbocycles. The van der Waals surface area contributed by atoms with Crippen LogP contribution in [0.3, 0.4) is 0 Å². The summed E-state index contributed by atoms with van der Waals surface area (Å²) in [5.74, 6) is -3.77. The molecule has 1 N–H and O–H groups in total. The van der Waals surface area contributed by atoms with Crippen molar-refractivity contribution < 1.29 is 33.0 Å². The van der Waals surface area contributed by atoms with E-state index < -0.39 is 23.4 Å². The number of benzene rings is 2. The number of likely N-dealkylation sites (tertiary alicyclic amines) is 1. The standard InChI is InChI=1S/C35H41ClFN3O6/c1-4-18-45-35(40-16-8-9-17-40,46-25-14-12-23(13-15-25)34(43)44-5-2)32(41)20-24-19-28(36)30(21-29(24)37)38-33(42)27-22-39(3)31-11-7-6-10-26(27)31/h4,6-7,10-11,19,21-23,25H,1,5,8-9,12-18,20H2,2-3H3,(H,38,42). The van der Waals surface area contributed by atoms with Crippen molar-refractivity contribution in [3.8, 4) is 0 Å². The van der Waals surface area contributed by atoms with Crippen molar-refractivity contribution in [1.82, 2.24) is 9.47 Å².